The van der Waals surface area contributed by atoms with E-state index in [4.69, 9.17) is 0 Å². The average molecular weight is 586 g/mol. The Morgan fingerprint density at radius 1 is 0.700 bits per heavy atom. The molecule has 2 atom stereocenters. The van der Waals surface area contributed by atoms with Gasteiger partial charge in [-0.3, -0.25) is 9.59 Å². The normalized spacial score (nSPS) is 27.4. The highest BCUT2D eigenvalue weighted by Gasteiger charge is 2.40. The summed E-state index contributed by atoms with van der Waals surface area (Å²) in [6, 6.07) is 3.99. The molecule has 40 heavy (non-hydrogen) atoms. The van der Waals surface area contributed by atoms with Gasteiger partial charge in [0.05, 0.1) is 30.8 Å². The molecule has 4 N–H and O–H groups in total. The summed E-state index contributed by atoms with van der Waals surface area (Å²) < 4.78 is 15.5. The molecule has 0 radical (unpaired) electrons. The molecule has 2 unspecified atom stereocenters. The fraction of sp³-hybridized carbons (Fsp3) is 0.933. The first-order valence-corrected chi connectivity index (χ1v) is 18.1. The number of amides is 2. The van der Waals surface area contributed by atoms with Crippen molar-refractivity contribution < 1.29 is 34.2 Å². The second kappa shape index (κ2) is 18.0. The number of hydroxylamine groups is 2. The summed E-state index contributed by atoms with van der Waals surface area (Å²) in [6.45, 7) is 1.30. The molecule has 5 fully saturated rings. The second-order valence-electron chi connectivity index (χ2n) is 12.7. The molecule has 10 heteroatoms. The lowest BCUT2D eigenvalue weighted by molar-refractivity contribution is -0.726. The van der Waals surface area contributed by atoms with E-state index in [-0.39, 0.29) is 6.61 Å². The number of nitrogens with two attached hydrogens (primary N) is 2. The number of hydrogen-bond acceptors (Lipinski definition) is 6. The summed E-state index contributed by atoms with van der Waals surface area (Å²) in [5, 5.41) is 15.7. The van der Waals surface area contributed by atoms with Crippen LogP contribution >= 0.6 is 7.60 Å². The highest BCUT2D eigenvalue weighted by molar-refractivity contribution is 7.53. The van der Waals surface area contributed by atoms with Crippen molar-refractivity contribution in [3.05, 3.63) is 5.21 Å². The molecule has 0 aromatic carbocycles. The van der Waals surface area contributed by atoms with Crippen molar-refractivity contribution in [1.82, 2.24) is 5.06 Å². The molecule has 232 valence electrons. The molecule has 4 aliphatic carbocycles. The first-order chi connectivity index (χ1) is 19.3. The molecule has 4 saturated carbocycles. The smallest absolute Gasteiger partial charge is 0.230 e. The van der Waals surface area contributed by atoms with E-state index in [0.717, 1.165) is 24.2 Å². The van der Waals surface area contributed by atoms with Gasteiger partial charge in [0.1, 0.15) is 13.3 Å². The molecule has 0 aromatic rings. The number of imide groups is 1. The van der Waals surface area contributed by atoms with E-state index in [1.54, 1.807) is 0 Å². The maximum absolute atomic E-state index is 11.2. The Kier molecular flexibility index (Phi) is 15.1. The first kappa shape index (κ1) is 33.7. The van der Waals surface area contributed by atoms with Crippen molar-refractivity contribution in [1.29, 1.82) is 0 Å². The molecule has 5 aliphatic rings. The third-order valence-electron chi connectivity index (χ3n) is 9.46. The molecule has 0 spiro atoms. The number of hydrogen-bond donors (Lipinski definition) is 2. The molecule has 1 aliphatic heterocycles. The molecular formula is C30H56N3O6P. The highest BCUT2D eigenvalue weighted by atomic mass is 31.2. The van der Waals surface area contributed by atoms with Crippen LogP contribution in [0.3, 0.4) is 0 Å². The van der Waals surface area contributed by atoms with Gasteiger partial charge in [-0.25, -0.2) is 0 Å². The van der Waals surface area contributed by atoms with Gasteiger partial charge in [-0.15, -0.1) is 0 Å². The quantitative estimate of drug-likeness (QED) is 0.345. The van der Waals surface area contributed by atoms with Crippen molar-refractivity contribution in [2.24, 2.45) is 0 Å². The average Bonchev–Trinajstić information content (AvgIpc) is 3.24. The van der Waals surface area contributed by atoms with Crippen LogP contribution in [-0.4, -0.2) is 53.3 Å². The lowest BCUT2D eigenvalue weighted by Gasteiger charge is -2.28. The van der Waals surface area contributed by atoms with Gasteiger partial charge < -0.3 is 34.9 Å². The molecule has 9 nitrogen and oxygen atoms in total. The maximum atomic E-state index is 11.2. The van der Waals surface area contributed by atoms with Crippen molar-refractivity contribution in [2.75, 3.05) is 6.61 Å². The van der Waals surface area contributed by atoms with Crippen LogP contribution in [0.1, 0.15) is 142 Å². The molecule has 1 heterocycles. The van der Waals surface area contributed by atoms with Gasteiger partial charge in [-0.05, 0) is 110 Å². The number of carbonyl (C=O) groups excluding carboxylic acids is 2. The molecule has 2 amide bonds. The Morgan fingerprint density at radius 2 is 1.02 bits per heavy atom. The Morgan fingerprint density at radius 3 is 1.27 bits per heavy atom. The summed E-state index contributed by atoms with van der Waals surface area (Å²) in [5.74, 6) is -2.31. The van der Waals surface area contributed by atoms with E-state index in [1.807, 2.05) is 0 Å². The van der Waals surface area contributed by atoms with Gasteiger partial charge in [0.2, 0.25) is 11.8 Å². The van der Waals surface area contributed by atoms with Gasteiger partial charge in [0.15, 0.2) is 0 Å². The van der Waals surface area contributed by atoms with Gasteiger partial charge >= 0.3 is 0 Å². The summed E-state index contributed by atoms with van der Waals surface area (Å²) in [7, 11) is -4.43. The van der Waals surface area contributed by atoms with Crippen LogP contribution in [0.5, 0.6) is 0 Å². The van der Waals surface area contributed by atoms with E-state index in [1.165, 1.54) is 135 Å². The van der Waals surface area contributed by atoms with Crippen LogP contribution in [0.2, 0.25) is 0 Å². The minimum absolute atomic E-state index is 0.127. The zero-order valence-electron chi connectivity index (χ0n) is 24.9. The molecule has 1 saturated heterocycles. The maximum Gasteiger partial charge on any atom is 0.230 e. The van der Waals surface area contributed by atoms with Crippen molar-refractivity contribution in [3.8, 4) is 0 Å². The van der Waals surface area contributed by atoms with Crippen LogP contribution in [-0.2, 0) is 18.7 Å². The standard InChI is InChI=1S/2C12H23N.C6H9NO6P/c2*1-3-7-11(8-4-1)13-12-9-5-2-6-10-12;1-2-13-14(11,12)4-3-5(8)7(10)6(4)9/h2*11-13H,1-10H2;4H,2-3H2,1H3,(H,11,12)/q;;-1/p+1. The summed E-state index contributed by atoms with van der Waals surface area (Å²) in [5.41, 5.74) is -1.65. The first-order valence-electron chi connectivity index (χ1n) is 16.5. The van der Waals surface area contributed by atoms with Crippen LogP contribution in [0, 0.1) is 5.21 Å². The summed E-state index contributed by atoms with van der Waals surface area (Å²) in [6.07, 6.45) is 29.3. The Labute approximate surface area is 242 Å². The van der Waals surface area contributed by atoms with Crippen LogP contribution < -0.4 is 15.5 Å². The Hall–Kier alpha value is -0.830. The van der Waals surface area contributed by atoms with Crippen LogP contribution in [0.25, 0.3) is 0 Å². The van der Waals surface area contributed by atoms with Crippen molar-refractivity contribution in [3.63, 3.8) is 0 Å². The van der Waals surface area contributed by atoms with E-state index >= 15 is 0 Å². The molecular weight excluding hydrogens is 529 g/mol. The highest BCUT2D eigenvalue weighted by Crippen LogP contribution is 2.47. The summed E-state index contributed by atoms with van der Waals surface area (Å²) >= 11 is 0. The fourth-order valence-corrected chi connectivity index (χ4v) is 8.48. The zero-order valence-corrected chi connectivity index (χ0v) is 25.8. The van der Waals surface area contributed by atoms with E-state index < -0.39 is 36.6 Å². The predicted octanol–water partition coefficient (Wildman–Crippen LogP) is 3.63. The zero-order chi connectivity index (χ0) is 28.8. The SMILES string of the molecule is C1CCC([NH2+]C2CCCCC2)CC1.C1CCC([NH2+]C2CCCCC2)CC1.CCOP(=O)([O-])C1CC(=O)N([O-])C1=O. The summed E-state index contributed by atoms with van der Waals surface area (Å²) in [4.78, 5) is 32.9. The van der Waals surface area contributed by atoms with Gasteiger partial charge in [0, 0.05) is 6.42 Å². The Bertz CT molecular complexity index is 724. The van der Waals surface area contributed by atoms with E-state index in [9.17, 15) is 24.3 Å². The lowest BCUT2D eigenvalue weighted by atomic mass is 9.91. The number of quaternary nitrogens is 2. The van der Waals surface area contributed by atoms with Gasteiger partial charge in [-0.2, -0.15) is 0 Å². The Balaban J connectivity index is 0.000000165. The number of rotatable bonds is 7. The molecule has 0 aromatic heterocycles. The van der Waals surface area contributed by atoms with Crippen molar-refractivity contribution in [2.45, 2.75) is 172 Å². The minimum atomic E-state index is -4.43. The molecule has 0 bridgehead atoms. The monoisotopic (exact) mass is 585 g/mol. The number of carbonyl (C=O) groups is 2. The molecule has 5 rings (SSSR count). The largest absolute Gasteiger partial charge is 0.778 e. The predicted molar refractivity (Wildman–Crippen MR) is 154 cm³/mol. The third kappa shape index (κ3) is 11.4. The minimum Gasteiger partial charge on any atom is -0.778 e. The second-order valence-corrected chi connectivity index (χ2v) is 14.6. The van der Waals surface area contributed by atoms with Gasteiger partial charge in [0.25, 0.3) is 0 Å². The fourth-order valence-electron chi connectivity index (χ4n) is 7.19. The third-order valence-corrected chi connectivity index (χ3v) is 11.2. The van der Waals surface area contributed by atoms with E-state index in [0.29, 0.717) is 0 Å². The van der Waals surface area contributed by atoms with Crippen molar-refractivity contribution >= 4 is 19.4 Å². The van der Waals surface area contributed by atoms with Crippen LogP contribution in [0.4, 0.5) is 0 Å². The van der Waals surface area contributed by atoms with Crippen LogP contribution in [0.15, 0.2) is 0 Å². The topological polar surface area (TPSA) is 143 Å². The number of nitrogens with zero attached hydrogens (tertiary/aromatic N) is 1. The van der Waals surface area contributed by atoms with E-state index in [2.05, 4.69) is 15.2 Å². The van der Waals surface area contributed by atoms with Gasteiger partial charge in [-0.1, -0.05) is 25.7 Å². The lowest BCUT2D eigenvalue weighted by Crippen LogP contribution is -2.95.